The monoisotopic (exact) mass is 289 g/mol. The van der Waals surface area contributed by atoms with Crippen LogP contribution in [-0.2, 0) is 0 Å². The summed E-state index contributed by atoms with van der Waals surface area (Å²) >= 11 is 0. The lowest BCUT2D eigenvalue weighted by Gasteiger charge is -2.20. The minimum Gasteiger partial charge on any atom is -0.372 e. The number of benzene rings is 1. The molecule has 1 aromatic rings. The third-order valence-electron chi connectivity index (χ3n) is 3.59. The number of rotatable bonds is 7. The van der Waals surface area contributed by atoms with Gasteiger partial charge in [-0.15, -0.1) is 0 Å². The molecule has 0 bridgehead atoms. The van der Waals surface area contributed by atoms with Gasteiger partial charge in [0.05, 0.1) is 0 Å². The highest BCUT2D eigenvalue weighted by molar-refractivity contribution is 5.96. The van der Waals surface area contributed by atoms with Crippen LogP contribution in [0.15, 0.2) is 29.4 Å². The third kappa shape index (κ3) is 4.88. The fourth-order valence-electron chi connectivity index (χ4n) is 2.22. The zero-order valence-electron chi connectivity index (χ0n) is 13.8. The smallest absolute Gasteiger partial charge is 0.271 e. The number of anilines is 1. The molecule has 0 aliphatic rings. The molecule has 0 heterocycles. The summed E-state index contributed by atoms with van der Waals surface area (Å²) in [6, 6.07) is 7.66. The van der Waals surface area contributed by atoms with E-state index >= 15 is 0 Å². The van der Waals surface area contributed by atoms with Crippen molar-refractivity contribution in [2.24, 2.45) is 11.0 Å². The van der Waals surface area contributed by atoms with Gasteiger partial charge in [-0.3, -0.25) is 4.79 Å². The van der Waals surface area contributed by atoms with Crippen LogP contribution in [0.5, 0.6) is 0 Å². The molecular weight excluding hydrogens is 262 g/mol. The SMILES string of the molecule is CC/C(=N/NC(=O)c1ccc(N(CC)CC)cc1)C(C)C. The van der Waals surface area contributed by atoms with Crippen LogP contribution in [0.3, 0.4) is 0 Å². The van der Waals surface area contributed by atoms with Gasteiger partial charge in [-0.2, -0.15) is 5.10 Å². The molecular formula is C17H27N3O. The number of nitrogens with one attached hydrogen (secondary N) is 1. The van der Waals surface area contributed by atoms with Crippen LogP contribution >= 0.6 is 0 Å². The lowest BCUT2D eigenvalue weighted by molar-refractivity contribution is 0.0954. The van der Waals surface area contributed by atoms with Gasteiger partial charge < -0.3 is 4.90 Å². The van der Waals surface area contributed by atoms with Crippen molar-refractivity contribution in [1.82, 2.24) is 5.43 Å². The molecule has 1 rings (SSSR count). The molecule has 21 heavy (non-hydrogen) atoms. The summed E-state index contributed by atoms with van der Waals surface area (Å²) in [5.41, 5.74) is 5.42. The molecule has 0 aliphatic carbocycles. The lowest BCUT2D eigenvalue weighted by atomic mass is 10.1. The van der Waals surface area contributed by atoms with E-state index in [4.69, 9.17) is 0 Å². The number of nitrogens with zero attached hydrogens (tertiary/aromatic N) is 2. The minimum absolute atomic E-state index is 0.160. The van der Waals surface area contributed by atoms with E-state index in [-0.39, 0.29) is 5.91 Å². The highest BCUT2D eigenvalue weighted by atomic mass is 16.2. The minimum atomic E-state index is -0.160. The molecule has 0 radical (unpaired) electrons. The summed E-state index contributed by atoms with van der Waals surface area (Å²) in [4.78, 5) is 14.3. The van der Waals surface area contributed by atoms with Gasteiger partial charge in [-0.25, -0.2) is 5.43 Å². The fraction of sp³-hybridized carbons (Fsp3) is 0.529. The van der Waals surface area contributed by atoms with Gasteiger partial charge in [0.15, 0.2) is 0 Å². The second kappa shape index (κ2) is 8.45. The maximum Gasteiger partial charge on any atom is 0.271 e. The van der Waals surface area contributed by atoms with E-state index in [1.165, 1.54) is 0 Å². The van der Waals surface area contributed by atoms with Crippen LogP contribution in [0.4, 0.5) is 5.69 Å². The Morgan fingerprint density at radius 1 is 1.14 bits per heavy atom. The molecule has 1 aromatic carbocycles. The Kier molecular flexibility index (Phi) is 6.92. The van der Waals surface area contributed by atoms with E-state index < -0.39 is 0 Å². The first kappa shape index (κ1) is 17.2. The summed E-state index contributed by atoms with van der Waals surface area (Å²) in [5, 5.41) is 4.21. The largest absolute Gasteiger partial charge is 0.372 e. The maximum atomic E-state index is 12.1. The van der Waals surface area contributed by atoms with Crippen molar-refractivity contribution < 1.29 is 4.79 Å². The Morgan fingerprint density at radius 3 is 2.14 bits per heavy atom. The van der Waals surface area contributed by atoms with Gasteiger partial charge in [-0.05, 0) is 50.5 Å². The molecule has 0 aromatic heterocycles. The number of hydrazone groups is 1. The first-order valence-electron chi connectivity index (χ1n) is 7.75. The number of carbonyl (C=O) groups excluding carboxylic acids is 1. The Morgan fingerprint density at radius 2 is 1.71 bits per heavy atom. The predicted octanol–water partition coefficient (Wildman–Crippen LogP) is 3.68. The second-order valence-corrected chi connectivity index (χ2v) is 5.27. The normalized spacial score (nSPS) is 11.6. The molecule has 1 amide bonds. The van der Waals surface area contributed by atoms with E-state index in [1.807, 2.05) is 31.2 Å². The first-order chi connectivity index (χ1) is 10.0. The zero-order valence-corrected chi connectivity index (χ0v) is 13.8. The van der Waals surface area contributed by atoms with Crippen molar-refractivity contribution in [3.05, 3.63) is 29.8 Å². The van der Waals surface area contributed by atoms with Gasteiger partial charge in [0.2, 0.25) is 0 Å². The van der Waals surface area contributed by atoms with Crippen LogP contribution in [0.2, 0.25) is 0 Å². The van der Waals surface area contributed by atoms with Gasteiger partial charge in [0.1, 0.15) is 0 Å². The van der Waals surface area contributed by atoms with Crippen LogP contribution in [-0.4, -0.2) is 24.7 Å². The Balaban J connectivity index is 2.76. The van der Waals surface area contributed by atoms with E-state index in [0.717, 1.165) is 30.9 Å². The average Bonchev–Trinajstić information content (AvgIpc) is 2.49. The number of hydrogen-bond acceptors (Lipinski definition) is 3. The Bertz CT molecular complexity index is 473. The fourth-order valence-corrected chi connectivity index (χ4v) is 2.22. The predicted molar refractivity (Wildman–Crippen MR) is 90.0 cm³/mol. The second-order valence-electron chi connectivity index (χ2n) is 5.27. The maximum absolute atomic E-state index is 12.1. The van der Waals surface area contributed by atoms with E-state index in [9.17, 15) is 4.79 Å². The quantitative estimate of drug-likeness (QED) is 0.614. The molecule has 0 unspecified atom stereocenters. The van der Waals surface area contributed by atoms with Crippen molar-refractivity contribution in [2.75, 3.05) is 18.0 Å². The molecule has 0 spiro atoms. The van der Waals surface area contributed by atoms with Gasteiger partial charge in [0, 0.05) is 30.1 Å². The highest BCUT2D eigenvalue weighted by Gasteiger charge is 2.08. The van der Waals surface area contributed by atoms with Gasteiger partial charge in [-0.1, -0.05) is 20.8 Å². The zero-order chi connectivity index (χ0) is 15.8. The van der Waals surface area contributed by atoms with Crippen molar-refractivity contribution in [3.63, 3.8) is 0 Å². The molecule has 0 saturated carbocycles. The number of hydrogen-bond donors (Lipinski definition) is 1. The summed E-state index contributed by atoms with van der Waals surface area (Å²) in [7, 11) is 0. The van der Waals surface area contributed by atoms with Crippen molar-refractivity contribution in [3.8, 4) is 0 Å². The average molecular weight is 289 g/mol. The topological polar surface area (TPSA) is 44.7 Å². The molecule has 116 valence electrons. The third-order valence-corrected chi connectivity index (χ3v) is 3.59. The molecule has 0 saturated heterocycles. The number of carbonyl (C=O) groups is 1. The van der Waals surface area contributed by atoms with Gasteiger partial charge in [0.25, 0.3) is 5.91 Å². The van der Waals surface area contributed by atoms with Crippen molar-refractivity contribution in [1.29, 1.82) is 0 Å². The van der Waals surface area contributed by atoms with E-state index in [2.05, 4.69) is 43.1 Å². The van der Waals surface area contributed by atoms with Crippen molar-refractivity contribution >= 4 is 17.3 Å². The molecule has 0 atom stereocenters. The standard InChI is InChI=1S/C17H27N3O/c1-6-16(13(4)5)18-19-17(21)14-9-11-15(12-10-14)20(7-2)8-3/h9-13H,6-8H2,1-5H3,(H,19,21)/b18-16-. The van der Waals surface area contributed by atoms with E-state index in [1.54, 1.807) is 0 Å². The first-order valence-corrected chi connectivity index (χ1v) is 7.75. The van der Waals surface area contributed by atoms with Gasteiger partial charge >= 0.3 is 0 Å². The van der Waals surface area contributed by atoms with Crippen LogP contribution < -0.4 is 10.3 Å². The summed E-state index contributed by atoms with van der Waals surface area (Å²) < 4.78 is 0. The van der Waals surface area contributed by atoms with Crippen LogP contribution in [0, 0.1) is 5.92 Å². The summed E-state index contributed by atoms with van der Waals surface area (Å²) in [5.74, 6) is 0.188. The molecule has 4 nitrogen and oxygen atoms in total. The summed E-state index contributed by atoms with van der Waals surface area (Å²) in [6.45, 7) is 12.4. The van der Waals surface area contributed by atoms with Crippen LogP contribution in [0.25, 0.3) is 0 Å². The lowest BCUT2D eigenvalue weighted by Crippen LogP contribution is -2.23. The van der Waals surface area contributed by atoms with Crippen LogP contribution in [0.1, 0.15) is 51.4 Å². The molecule has 0 aliphatic heterocycles. The Hall–Kier alpha value is -1.84. The van der Waals surface area contributed by atoms with E-state index in [0.29, 0.717) is 11.5 Å². The highest BCUT2D eigenvalue weighted by Crippen LogP contribution is 2.14. The summed E-state index contributed by atoms with van der Waals surface area (Å²) in [6.07, 6.45) is 0.846. The molecule has 0 fully saturated rings. The molecule has 4 heteroatoms. The van der Waals surface area contributed by atoms with Crippen molar-refractivity contribution in [2.45, 2.75) is 41.0 Å². The Labute approximate surface area is 128 Å². The number of amides is 1. The molecule has 1 N–H and O–H groups in total.